The van der Waals surface area contributed by atoms with Crippen LogP contribution in [0.15, 0.2) is 42.5 Å². The van der Waals surface area contributed by atoms with E-state index >= 15 is 0 Å². The summed E-state index contributed by atoms with van der Waals surface area (Å²) in [5.74, 6) is -0.703. The summed E-state index contributed by atoms with van der Waals surface area (Å²) in [6.07, 6.45) is 7.91. The van der Waals surface area contributed by atoms with Crippen molar-refractivity contribution in [2.45, 2.75) is 39.5 Å². The zero-order chi connectivity index (χ0) is 13.9. The van der Waals surface area contributed by atoms with E-state index in [4.69, 9.17) is 0 Å². The van der Waals surface area contributed by atoms with Crippen molar-refractivity contribution in [3.05, 3.63) is 48.0 Å². The monoisotopic (exact) mass is 258 g/mol. The summed E-state index contributed by atoms with van der Waals surface area (Å²) >= 11 is 0. The molecule has 1 aliphatic rings. The standard InChI is InChI=1S/C17H22O2/c1-16(11-7-4-8-12-16)17(2,15(18)19)13-14-9-5-3-6-10-14/h3,5-7,9-11H,4,8,12-13H2,1-2H3,(H,18,19)/t16-,17+/m1/s1. The van der Waals surface area contributed by atoms with Crippen LogP contribution in [-0.4, -0.2) is 11.1 Å². The first kappa shape index (κ1) is 13.9. The van der Waals surface area contributed by atoms with Gasteiger partial charge in [-0.2, -0.15) is 0 Å². The quantitative estimate of drug-likeness (QED) is 0.827. The number of aliphatic carboxylic acids is 1. The van der Waals surface area contributed by atoms with Crippen LogP contribution in [0.5, 0.6) is 0 Å². The van der Waals surface area contributed by atoms with Gasteiger partial charge in [0.2, 0.25) is 0 Å². The van der Waals surface area contributed by atoms with Crippen LogP contribution in [0, 0.1) is 10.8 Å². The lowest BCUT2D eigenvalue weighted by atomic mass is 9.59. The lowest BCUT2D eigenvalue weighted by molar-refractivity contribution is -0.154. The fourth-order valence-electron chi connectivity index (χ4n) is 3.00. The molecule has 0 spiro atoms. The van der Waals surface area contributed by atoms with Gasteiger partial charge in [0.25, 0.3) is 0 Å². The lowest BCUT2D eigenvalue weighted by Gasteiger charge is -2.43. The molecule has 1 aliphatic carbocycles. The minimum Gasteiger partial charge on any atom is -0.481 e. The number of hydrogen-bond acceptors (Lipinski definition) is 1. The summed E-state index contributed by atoms with van der Waals surface area (Å²) in [6.45, 7) is 3.97. The van der Waals surface area contributed by atoms with E-state index in [1.54, 1.807) is 0 Å². The Balaban J connectivity index is 2.35. The predicted octanol–water partition coefficient (Wildman–Crippen LogP) is 4.07. The molecule has 0 amide bonds. The summed E-state index contributed by atoms with van der Waals surface area (Å²) in [5, 5.41) is 9.78. The average Bonchev–Trinajstić information content (AvgIpc) is 2.40. The molecule has 1 N–H and O–H groups in total. The number of rotatable bonds is 4. The van der Waals surface area contributed by atoms with E-state index in [-0.39, 0.29) is 5.41 Å². The van der Waals surface area contributed by atoms with Gasteiger partial charge in [-0.05, 0) is 38.2 Å². The van der Waals surface area contributed by atoms with E-state index in [1.807, 2.05) is 37.3 Å². The molecule has 102 valence electrons. The van der Waals surface area contributed by atoms with E-state index in [9.17, 15) is 9.90 Å². The van der Waals surface area contributed by atoms with Crippen molar-refractivity contribution in [1.82, 2.24) is 0 Å². The van der Waals surface area contributed by atoms with Crippen LogP contribution in [0.3, 0.4) is 0 Å². The van der Waals surface area contributed by atoms with Gasteiger partial charge in [0, 0.05) is 5.41 Å². The molecule has 19 heavy (non-hydrogen) atoms. The topological polar surface area (TPSA) is 37.3 Å². The summed E-state index contributed by atoms with van der Waals surface area (Å²) in [4.78, 5) is 11.9. The first-order valence-electron chi connectivity index (χ1n) is 6.93. The zero-order valence-corrected chi connectivity index (χ0v) is 11.7. The molecule has 0 saturated carbocycles. The molecule has 0 saturated heterocycles. The maximum atomic E-state index is 11.9. The van der Waals surface area contributed by atoms with Gasteiger partial charge in [0.15, 0.2) is 0 Å². The van der Waals surface area contributed by atoms with Crippen molar-refractivity contribution in [1.29, 1.82) is 0 Å². The van der Waals surface area contributed by atoms with E-state index in [0.29, 0.717) is 6.42 Å². The van der Waals surface area contributed by atoms with Gasteiger partial charge in [-0.1, -0.05) is 49.4 Å². The molecule has 0 aliphatic heterocycles. The molecule has 1 aromatic carbocycles. The highest BCUT2D eigenvalue weighted by Gasteiger charge is 2.48. The van der Waals surface area contributed by atoms with Gasteiger partial charge >= 0.3 is 5.97 Å². The second-order valence-corrected chi connectivity index (χ2v) is 6.01. The van der Waals surface area contributed by atoms with Crippen LogP contribution in [0.4, 0.5) is 0 Å². The van der Waals surface area contributed by atoms with E-state index in [1.165, 1.54) is 0 Å². The Kier molecular flexibility index (Phi) is 3.79. The highest BCUT2D eigenvalue weighted by molar-refractivity contribution is 5.76. The van der Waals surface area contributed by atoms with Crippen molar-refractivity contribution < 1.29 is 9.90 Å². The third kappa shape index (κ3) is 2.58. The molecule has 0 radical (unpaired) electrons. The van der Waals surface area contributed by atoms with Crippen LogP contribution >= 0.6 is 0 Å². The fraction of sp³-hybridized carbons (Fsp3) is 0.471. The maximum Gasteiger partial charge on any atom is 0.310 e. The SMILES string of the molecule is C[C@](Cc1ccccc1)(C(=O)O)[C@]1(C)C=CCCC1. The highest BCUT2D eigenvalue weighted by atomic mass is 16.4. The number of carboxylic acids is 1. The highest BCUT2D eigenvalue weighted by Crippen LogP contribution is 2.48. The van der Waals surface area contributed by atoms with Crippen molar-refractivity contribution in [3.8, 4) is 0 Å². The molecule has 1 aromatic rings. The van der Waals surface area contributed by atoms with Crippen LogP contribution in [-0.2, 0) is 11.2 Å². The van der Waals surface area contributed by atoms with Crippen LogP contribution in [0.25, 0.3) is 0 Å². The Morgan fingerprint density at radius 1 is 1.37 bits per heavy atom. The fourth-order valence-corrected chi connectivity index (χ4v) is 3.00. The molecule has 0 aromatic heterocycles. The minimum absolute atomic E-state index is 0.271. The van der Waals surface area contributed by atoms with Gasteiger partial charge < -0.3 is 5.11 Å². The number of allylic oxidation sites excluding steroid dienone is 2. The third-order valence-corrected chi connectivity index (χ3v) is 4.69. The molecule has 0 heterocycles. The van der Waals surface area contributed by atoms with Crippen molar-refractivity contribution in [2.24, 2.45) is 10.8 Å². The third-order valence-electron chi connectivity index (χ3n) is 4.69. The zero-order valence-electron chi connectivity index (χ0n) is 11.7. The maximum absolute atomic E-state index is 11.9. The first-order valence-corrected chi connectivity index (χ1v) is 6.93. The first-order chi connectivity index (χ1) is 8.98. The molecule has 0 fully saturated rings. The molecule has 0 unspecified atom stereocenters. The molecule has 2 atom stereocenters. The van der Waals surface area contributed by atoms with Crippen LogP contribution in [0.2, 0.25) is 0 Å². The Hall–Kier alpha value is -1.57. The minimum atomic E-state index is -0.759. The Bertz CT molecular complexity index is 477. The summed E-state index contributed by atoms with van der Waals surface area (Å²) < 4.78 is 0. The van der Waals surface area contributed by atoms with Crippen molar-refractivity contribution >= 4 is 5.97 Å². The van der Waals surface area contributed by atoms with Gasteiger partial charge in [-0.3, -0.25) is 4.79 Å². The van der Waals surface area contributed by atoms with E-state index in [0.717, 1.165) is 24.8 Å². The molecule has 2 rings (SSSR count). The molecular formula is C17H22O2. The lowest BCUT2D eigenvalue weighted by Crippen LogP contribution is -2.45. The van der Waals surface area contributed by atoms with Gasteiger partial charge in [-0.15, -0.1) is 0 Å². The Labute approximate surface area is 115 Å². The Morgan fingerprint density at radius 3 is 2.58 bits per heavy atom. The molecular weight excluding hydrogens is 236 g/mol. The molecule has 2 nitrogen and oxygen atoms in total. The largest absolute Gasteiger partial charge is 0.481 e. The molecule has 0 bridgehead atoms. The summed E-state index contributed by atoms with van der Waals surface area (Å²) in [5.41, 5.74) is 0.0608. The van der Waals surface area contributed by atoms with Crippen molar-refractivity contribution in [2.75, 3.05) is 0 Å². The smallest absolute Gasteiger partial charge is 0.310 e. The van der Waals surface area contributed by atoms with Gasteiger partial charge in [0.05, 0.1) is 5.41 Å². The number of carbonyl (C=O) groups is 1. The number of hydrogen-bond donors (Lipinski definition) is 1. The molecule has 2 heteroatoms. The summed E-state index contributed by atoms with van der Waals surface area (Å²) in [6, 6.07) is 9.92. The summed E-state index contributed by atoms with van der Waals surface area (Å²) in [7, 11) is 0. The second-order valence-electron chi connectivity index (χ2n) is 6.01. The normalized spacial score (nSPS) is 25.8. The van der Waals surface area contributed by atoms with Crippen molar-refractivity contribution in [3.63, 3.8) is 0 Å². The van der Waals surface area contributed by atoms with E-state index in [2.05, 4.69) is 19.1 Å². The number of benzene rings is 1. The van der Waals surface area contributed by atoms with Gasteiger partial charge in [-0.25, -0.2) is 0 Å². The van der Waals surface area contributed by atoms with E-state index < -0.39 is 11.4 Å². The van der Waals surface area contributed by atoms with Gasteiger partial charge in [0.1, 0.15) is 0 Å². The average molecular weight is 258 g/mol. The Morgan fingerprint density at radius 2 is 2.05 bits per heavy atom. The number of carboxylic acid groups (broad SMARTS) is 1. The predicted molar refractivity (Wildman–Crippen MR) is 77.0 cm³/mol. The second kappa shape index (κ2) is 5.20. The van der Waals surface area contributed by atoms with Crippen LogP contribution in [0.1, 0.15) is 38.7 Å². The van der Waals surface area contributed by atoms with Crippen LogP contribution < -0.4 is 0 Å².